The summed E-state index contributed by atoms with van der Waals surface area (Å²) >= 11 is 0. The van der Waals surface area contributed by atoms with Gasteiger partial charge in [-0.2, -0.15) is 0 Å². The number of ketones is 2. The summed E-state index contributed by atoms with van der Waals surface area (Å²) < 4.78 is 12.0. The summed E-state index contributed by atoms with van der Waals surface area (Å²) in [6.45, 7) is 18.2. The first-order valence-corrected chi connectivity index (χ1v) is 13.6. The van der Waals surface area contributed by atoms with Crippen LogP contribution < -0.4 is 9.47 Å². The molecule has 196 valence electrons. The number of nitrogens with zero attached hydrogens (tertiary/aromatic N) is 1. The fourth-order valence-electron chi connectivity index (χ4n) is 6.20. The van der Waals surface area contributed by atoms with Crippen LogP contribution in [0.15, 0.2) is 40.7 Å². The SMILES string of the molecule is CCCN1C2=C(C(=O)CC(C)(C)C2)C(c2ccc(OC(C)C)c(OCC)c2)C2=C1CC(C)(C)CC2=O. The molecule has 0 aromatic heterocycles. The number of hydrogen-bond donors (Lipinski definition) is 0. The minimum absolute atomic E-state index is 0.0141. The van der Waals surface area contributed by atoms with Crippen molar-refractivity contribution in [2.45, 2.75) is 99.5 Å². The summed E-state index contributed by atoms with van der Waals surface area (Å²) in [7, 11) is 0. The van der Waals surface area contributed by atoms with Gasteiger partial charge in [0.2, 0.25) is 0 Å². The van der Waals surface area contributed by atoms with Gasteiger partial charge in [0.15, 0.2) is 23.1 Å². The van der Waals surface area contributed by atoms with Crippen LogP contribution in [-0.2, 0) is 9.59 Å². The van der Waals surface area contributed by atoms with E-state index in [0.717, 1.165) is 53.9 Å². The minimum Gasteiger partial charge on any atom is -0.490 e. The second-order valence-electron chi connectivity index (χ2n) is 12.5. The van der Waals surface area contributed by atoms with E-state index in [1.54, 1.807) is 0 Å². The lowest BCUT2D eigenvalue weighted by Crippen LogP contribution is -2.44. The molecule has 3 aliphatic rings. The summed E-state index contributed by atoms with van der Waals surface area (Å²) in [6.07, 6.45) is 3.64. The Morgan fingerprint density at radius 1 is 0.889 bits per heavy atom. The Bertz CT molecular complexity index is 1070. The molecule has 0 N–H and O–H groups in total. The van der Waals surface area contributed by atoms with E-state index in [1.165, 1.54) is 0 Å². The average molecular weight is 494 g/mol. The molecule has 1 aliphatic heterocycles. The summed E-state index contributed by atoms with van der Waals surface area (Å²) in [4.78, 5) is 30.0. The zero-order valence-electron chi connectivity index (χ0n) is 23.4. The Labute approximate surface area is 216 Å². The third kappa shape index (κ3) is 4.99. The Morgan fingerprint density at radius 3 is 1.92 bits per heavy atom. The number of carbonyl (C=O) groups is 2. The van der Waals surface area contributed by atoms with Crippen molar-refractivity contribution in [1.29, 1.82) is 0 Å². The van der Waals surface area contributed by atoms with Crippen molar-refractivity contribution in [1.82, 2.24) is 4.90 Å². The van der Waals surface area contributed by atoms with Crippen LogP contribution in [0, 0.1) is 10.8 Å². The maximum Gasteiger partial charge on any atom is 0.162 e. The molecule has 36 heavy (non-hydrogen) atoms. The number of Topliss-reactive ketones (excluding diaryl/α,β-unsaturated/α-hetero) is 2. The molecule has 5 nitrogen and oxygen atoms in total. The molecule has 0 fully saturated rings. The molecule has 0 saturated carbocycles. The molecule has 0 spiro atoms. The number of rotatable bonds is 7. The van der Waals surface area contributed by atoms with E-state index in [2.05, 4.69) is 39.5 Å². The van der Waals surface area contributed by atoms with Crippen LogP contribution in [0.2, 0.25) is 0 Å². The highest BCUT2D eigenvalue weighted by atomic mass is 16.5. The van der Waals surface area contributed by atoms with E-state index in [0.29, 0.717) is 30.9 Å². The largest absolute Gasteiger partial charge is 0.490 e. The lowest BCUT2D eigenvalue weighted by molar-refractivity contribution is -0.119. The summed E-state index contributed by atoms with van der Waals surface area (Å²) in [5.74, 6) is 1.32. The number of benzene rings is 1. The maximum absolute atomic E-state index is 13.8. The monoisotopic (exact) mass is 493 g/mol. The second-order valence-corrected chi connectivity index (χ2v) is 12.5. The van der Waals surface area contributed by atoms with E-state index >= 15 is 0 Å². The molecule has 0 amide bonds. The van der Waals surface area contributed by atoms with Crippen LogP contribution in [0.5, 0.6) is 11.5 Å². The topological polar surface area (TPSA) is 55.8 Å². The summed E-state index contributed by atoms with van der Waals surface area (Å²) in [5, 5.41) is 0. The first-order valence-electron chi connectivity index (χ1n) is 13.6. The lowest BCUT2D eigenvalue weighted by Gasteiger charge is -2.49. The number of ether oxygens (including phenoxy) is 2. The van der Waals surface area contributed by atoms with Gasteiger partial charge < -0.3 is 14.4 Å². The van der Waals surface area contributed by atoms with Crippen LogP contribution in [-0.4, -0.2) is 35.7 Å². The molecule has 0 unspecified atom stereocenters. The second kappa shape index (κ2) is 9.72. The normalized spacial score (nSPS) is 21.6. The maximum atomic E-state index is 13.8. The Balaban J connectivity index is 1.96. The molecule has 0 saturated heterocycles. The van der Waals surface area contributed by atoms with Crippen LogP contribution in [0.25, 0.3) is 0 Å². The van der Waals surface area contributed by atoms with Crippen LogP contribution in [0.4, 0.5) is 0 Å². The predicted molar refractivity (Wildman–Crippen MR) is 143 cm³/mol. The van der Waals surface area contributed by atoms with Crippen molar-refractivity contribution < 1.29 is 19.1 Å². The lowest BCUT2D eigenvalue weighted by atomic mass is 9.63. The first-order chi connectivity index (χ1) is 16.9. The molecular formula is C31H43NO4. The Kier molecular flexibility index (Phi) is 7.15. The van der Waals surface area contributed by atoms with Crippen molar-refractivity contribution >= 4 is 11.6 Å². The van der Waals surface area contributed by atoms with Crippen molar-refractivity contribution in [3.63, 3.8) is 0 Å². The van der Waals surface area contributed by atoms with Gasteiger partial charge in [-0.3, -0.25) is 9.59 Å². The van der Waals surface area contributed by atoms with Gasteiger partial charge in [-0.1, -0.05) is 40.7 Å². The molecular weight excluding hydrogens is 450 g/mol. The molecule has 5 heteroatoms. The van der Waals surface area contributed by atoms with Gasteiger partial charge in [0.05, 0.1) is 12.7 Å². The van der Waals surface area contributed by atoms with E-state index < -0.39 is 0 Å². The standard InChI is InChI=1S/C31H43NO4/c1-9-13-32-21-15-30(5,6)17-23(33)28(21)27(29-22(32)16-31(7,8)18-24(29)34)20-11-12-25(36-19(3)4)26(14-20)35-10-2/h11-12,14,19,27H,9-10,13,15-18H2,1-8H3. The Morgan fingerprint density at radius 2 is 1.44 bits per heavy atom. The average Bonchev–Trinajstić information content (AvgIpc) is 2.74. The first kappa shape index (κ1) is 26.5. The fraction of sp³-hybridized carbons (Fsp3) is 0.613. The summed E-state index contributed by atoms with van der Waals surface area (Å²) in [5.41, 5.74) is 4.59. The van der Waals surface area contributed by atoms with Gasteiger partial charge in [0, 0.05) is 47.8 Å². The highest BCUT2D eigenvalue weighted by molar-refractivity contribution is 6.06. The molecule has 1 aromatic carbocycles. The highest BCUT2D eigenvalue weighted by Crippen LogP contribution is 2.55. The van der Waals surface area contributed by atoms with Gasteiger partial charge >= 0.3 is 0 Å². The van der Waals surface area contributed by atoms with E-state index in [4.69, 9.17) is 9.47 Å². The Hall–Kier alpha value is -2.56. The molecule has 1 aromatic rings. The number of allylic oxidation sites excluding steroid dienone is 4. The van der Waals surface area contributed by atoms with Gasteiger partial charge in [-0.15, -0.1) is 0 Å². The number of hydrogen-bond acceptors (Lipinski definition) is 5. The molecule has 4 rings (SSSR count). The van der Waals surface area contributed by atoms with Gasteiger partial charge in [0.25, 0.3) is 0 Å². The summed E-state index contributed by atoms with van der Waals surface area (Å²) in [6, 6.07) is 5.96. The molecule has 1 heterocycles. The zero-order chi connectivity index (χ0) is 26.4. The van der Waals surface area contributed by atoms with Crippen LogP contribution in [0.1, 0.15) is 99.0 Å². The van der Waals surface area contributed by atoms with Gasteiger partial charge in [0.1, 0.15) is 0 Å². The van der Waals surface area contributed by atoms with E-state index in [9.17, 15) is 9.59 Å². The van der Waals surface area contributed by atoms with E-state index in [-0.39, 0.29) is 34.4 Å². The van der Waals surface area contributed by atoms with Crippen LogP contribution >= 0.6 is 0 Å². The molecule has 0 bridgehead atoms. The van der Waals surface area contributed by atoms with Gasteiger partial charge in [-0.25, -0.2) is 0 Å². The molecule has 0 radical (unpaired) electrons. The quantitative estimate of drug-likeness (QED) is 0.411. The third-order valence-electron chi connectivity index (χ3n) is 7.43. The highest BCUT2D eigenvalue weighted by Gasteiger charge is 2.48. The number of carbonyl (C=O) groups excluding carboxylic acids is 2. The third-order valence-corrected chi connectivity index (χ3v) is 7.43. The van der Waals surface area contributed by atoms with Crippen molar-refractivity contribution in [2.24, 2.45) is 10.8 Å². The molecule has 0 atom stereocenters. The molecule has 2 aliphatic carbocycles. The van der Waals surface area contributed by atoms with E-state index in [1.807, 2.05) is 39.0 Å². The van der Waals surface area contributed by atoms with Crippen molar-refractivity contribution in [3.8, 4) is 11.5 Å². The predicted octanol–water partition coefficient (Wildman–Crippen LogP) is 6.97. The van der Waals surface area contributed by atoms with Crippen LogP contribution in [0.3, 0.4) is 0 Å². The fourth-order valence-corrected chi connectivity index (χ4v) is 6.20. The minimum atomic E-state index is -0.359. The smallest absolute Gasteiger partial charge is 0.162 e. The van der Waals surface area contributed by atoms with Crippen molar-refractivity contribution in [3.05, 3.63) is 46.3 Å². The van der Waals surface area contributed by atoms with Crippen molar-refractivity contribution in [2.75, 3.05) is 13.2 Å². The van der Waals surface area contributed by atoms with Gasteiger partial charge in [-0.05, 0) is 68.6 Å². The zero-order valence-corrected chi connectivity index (χ0v) is 23.4.